The number of hydrogen-bond donors (Lipinski definition) is 0. The van der Waals surface area contributed by atoms with Gasteiger partial charge in [-0.2, -0.15) is 0 Å². The molecule has 1 fully saturated rings. The Morgan fingerprint density at radius 1 is 1.14 bits per heavy atom. The molecule has 0 unspecified atom stereocenters. The zero-order valence-corrected chi connectivity index (χ0v) is 17.3. The van der Waals surface area contributed by atoms with E-state index in [4.69, 9.17) is 21.3 Å². The first kappa shape index (κ1) is 19.0. The molecule has 1 saturated heterocycles. The van der Waals surface area contributed by atoms with Crippen LogP contribution in [0.15, 0.2) is 42.5 Å². The summed E-state index contributed by atoms with van der Waals surface area (Å²) in [5.41, 5.74) is 2.38. The summed E-state index contributed by atoms with van der Waals surface area (Å²) in [4.78, 5) is 21.3. The van der Waals surface area contributed by atoms with Crippen molar-refractivity contribution in [1.29, 1.82) is 0 Å². The third-order valence-corrected chi connectivity index (χ3v) is 6.26. The minimum absolute atomic E-state index is 0.00601. The molecule has 1 amide bonds. The molecule has 28 heavy (non-hydrogen) atoms. The number of anilines is 1. The summed E-state index contributed by atoms with van der Waals surface area (Å²) in [5, 5.41) is 1.68. The second kappa shape index (κ2) is 8.37. The summed E-state index contributed by atoms with van der Waals surface area (Å²) in [6.07, 6.45) is 1.03. The van der Waals surface area contributed by atoms with Gasteiger partial charge in [0.15, 0.2) is 11.7 Å². The normalized spacial score (nSPS) is 14.5. The lowest BCUT2D eigenvalue weighted by molar-refractivity contribution is -0.133. The zero-order chi connectivity index (χ0) is 19.5. The Balaban J connectivity index is 1.32. The Bertz CT molecular complexity index is 965. The van der Waals surface area contributed by atoms with Gasteiger partial charge in [0.2, 0.25) is 0 Å². The van der Waals surface area contributed by atoms with E-state index >= 15 is 0 Å². The minimum atomic E-state index is 0.00601. The molecule has 0 bridgehead atoms. The fraction of sp³-hybridized carbons (Fsp3) is 0.333. The molecule has 2 aromatic carbocycles. The van der Waals surface area contributed by atoms with Crippen molar-refractivity contribution in [2.75, 3.05) is 37.7 Å². The molecule has 1 aliphatic rings. The maximum atomic E-state index is 12.4. The average molecular weight is 416 g/mol. The molecule has 1 aliphatic heterocycles. The van der Waals surface area contributed by atoms with Gasteiger partial charge in [-0.05, 0) is 48.4 Å². The number of aryl methyl sites for hydroxylation is 1. The van der Waals surface area contributed by atoms with Gasteiger partial charge in [0.1, 0.15) is 5.75 Å². The molecule has 4 rings (SSSR count). The highest BCUT2D eigenvalue weighted by Crippen LogP contribution is 2.30. The highest BCUT2D eigenvalue weighted by atomic mass is 35.5. The van der Waals surface area contributed by atoms with Gasteiger partial charge in [0.05, 0.1) is 10.2 Å². The Hall–Kier alpha value is -2.31. The SMILES string of the molecule is CCc1ccc2nc(N3CCN(C(=O)COc4ccc(Cl)cc4)CC3)sc2c1. The van der Waals surface area contributed by atoms with E-state index < -0.39 is 0 Å². The molecule has 0 spiro atoms. The van der Waals surface area contributed by atoms with Crippen LogP contribution in [-0.2, 0) is 11.2 Å². The van der Waals surface area contributed by atoms with Crippen LogP contribution in [-0.4, -0.2) is 48.6 Å². The van der Waals surface area contributed by atoms with E-state index in [1.807, 2.05) is 4.90 Å². The highest BCUT2D eigenvalue weighted by molar-refractivity contribution is 7.22. The summed E-state index contributed by atoms with van der Waals surface area (Å²) < 4.78 is 6.80. The zero-order valence-electron chi connectivity index (χ0n) is 15.7. The summed E-state index contributed by atoms with van der Waals surface area (Å²) in [6, 6.07) is 13.5. The lowest BCUT2D eigenvalue weighted by Gasteiger charge is -2.34. The molecule has 3 aromatic rings. The van der Waals surface area contributed by atoms with E-state index in [2.05, 4.69) is 30.0 Å². The van der Waals surface area contributed by atoms with Crippen LogP contribution in [0.25, 0.3) is 10.2 Å². The molecule has 146 valence electrons. The second-order valence-electron chi connectivity index (χ2n) is 6.76. The number of halogens is 1. The largest absolute Gasteiger partial charge is 0.484 e. The fourth-order valence-electron chi connectivity index (χ4n) is 3.23. The van der Waals surface area contributed by atoms with Gasteiger partial charge >= 0.3 is 0 Å². The Labute approximate surface area is 173 Å². The van der Waals surface area contributed by atoms with E-state index in [-0.39, 0.29) is 12.5 Å². The number of hydrogen-bond acceptors (Lipinski definition) is 5. The third-order valence-electron chi connectivity index (χ3n) is 4.93. The van der Waals surface area contributed by atoms with Crippen molar-refractivity contribution >= 4 is 44.2 Å². The van der Waals surface area contributed by atoms with Crippen LogP contribution in [0.1, 0.15) is 12.5 Å². The lowest BCUT2D eigenvalue weighted by atomic mass is 10.2. The summed E-state index contributed by atoms with van der Waals surface area (Å²) in [6.45, 7) is 5.14. The third kappa shape index (κ3) is 4.23. The number of nitrogens with zero attached hydrogens (tertiary/aromatic N) is 3. The van der Waals surface area contributed by atoms with Gasteiger partial charge in [-0.15, -0.1) is 0 Å². The Morgan fingerprint density at radius 2 is 1.89 bits per heavy atom. The van der Waals surface area contributed by atoms with E-state index in [1.54, 1.807) is 35.6 Å². The maximum Gasteiger partial charge on any atom is 0.260 e. The number of amides is 1. The van der Waals surface area contributed by atoms with E-state index in [0.717, 1.165) is 30.2 Å². The predicted octanol–water partition coefficient (Wildman–Crippen LogP) is 4.24. The molecule has 1 aromatic heterocycles. The summed E-state index contributed by atoms with van der Waals surface area (Å²) in [5.74, 6) is 0.656. The standard InChI is InChI=1S/C21H22ClN3O2S/c1-2-15-3-8-18-19(13-15)28-21(23-18)25-11-9-24(10-12-25)20(26)14-27-17-6-4-16(22)5-7-17/h3-8,13H,2,9-12,14H2,1H3. The van der Waals surface area contributed by atoms with Gasteiger partial charge in [-0.25, -0.2) is 4.98 Å². The van der Waals surface area contributed by atoms with Crippen LogP contribution in [0.2, 0.25) is 5.02 Å². The number of rotatable bonds is 5. The van der Waals surface area contributed by atoms with Gasteiger partial charge in [-0.3, -0.25) is 4.79 Å². The molecule has 2 heterocycles. The van der Waals surface area contributed by atoms with Crippen molar-refractivity contribution in [3.63, 3.8) is 0 Å². The number of ether oxygens (including phenoxy) is 1. The van der Waals surface area contributed by atoms with Gasteiger partial charge in [-0.1, -0.05) is 35.9 Å². The first-order valence-electron chi connectivity index (χ1n) is 9.43. The predicted molar refractivity (Wildman–Crippen MR) is 115 cm³/mol. The highest BCUT2D eigenvalue weighted by Gasteiger charge is 2.23. The molecule has 7 heteroatoms. The van der Waals surface area contributed by atoms with Gasteiger partial charge < -0.3 is 14.5 Å². The molecule has 0 aliphatic carbocycles. The Kier molecular flexibility index (Phi) is 5.69. The van der Waals surface area contributed by atoms with Gasteiger partial charge in [0, 0.05) is 31.2 Å². The first-order valence-corrected chi connectivity index (χ1v) is 10.6. The lowest BCUT2D eigenvalue weighted by Crippen LogP contribution is -2.50. The van der Waals surface area contributed by atoms with E-state index in [1.165, 1.54) is 10.3 Å². The van der Waals surface area contributed by atoms with Crippen LogP contribution in [0.5, 0.6) is 5.75 Å². The van der Waals surface area contributed by atoms with Crippen molar-refractivity contribution in [2.45, 2.75) is 13.3 Å². The fourth-order valence-corrected chi connectivity index (χ4v) is 4.43. The van der Waals surface area contributed by atoms with Crippen LogP contribution in [0.3, 0.4) is 0 Å². The number of thiazole rings is 1. The number of piperazine rings is 1. The van der Waals surface area contributed by atoms with E-state index in [0.29, 0.717) is 23.9 Å². The van der Waals surface area contributed by atoms with Gasteiger partial charge in [0.25, 0.3) is 5.91 Å². The van der Waals surface area contributed by atoms with Crippen molar-refractivity contribution in [1.82, 2.24) is 9.88 Å². The van der Waals surface area contributed by atoms with Crippen LogP contribution in [0.4, 0.5) is 5.13 Å². The number of carbonyl (C=O) groups is 1. The number of aromatic nitrogens is 1. The average Bonchev–Trinajstić information content (AvgIpc) is 3.16. The van der Waals surface area contributed by atoms with Crippen LogP contribution < -0.4 is 9.64 Å². The number of carbonyl (C=O) groups excluding carboxylic acids is 1. The minimum Gasteiger partial charge on any atom is -0.484 e. The van der Waals surface area contributed by atoms with E-state index in [9.17, 15) is 4.79 Å². The van der Waals surface area contributed by atoms with Crippen molar-refractivity contribution in [3.8, 4) is 5.75 Å². The number of benzene rings is 2. The molecule has 0 saturated carbocycles. The van der Waals surface area contributed by atoms with Crippen molar-refractivity contribution in [2.24, 2.45) is 0 Å². The molecular formula is C21H22ClN3O2S. The molecule has 0 atom stereocenters. The van der Waals surface area contributed by atoms with Crippen LogP contribution >= 0.6 is 22.9 Å². The smallest absolute Gasteiger partial charge is 0.260 e. The second-order valence-corrected chi connectivity index (χ2v) is 8.21. The maximum absolute atomic E-state index is 12.4. The first-order chi connectivity index (χ1) is 13.6. The molecule has 5 nitrogen and oxygen atoms in total. The Morgan fingerprint density at radius 3 is 2.61 bits per heavy atom. The molecule has 0 N–H and O–H groups in total. The summed E-state index contributed by atoms with van der Waals surface area (Å²) >= 11 is 7.59. The molecular weight excluding hydrogens is 394 g/mol. The number of fused-ring (bicyclic) bond motifs is 1. The summed E-state index contributed by atoms with van der Waals surface area (Å²) in [7, 11) is 0. The monoisotopic (exact) mass is 415 g/mol. The topological polar surface area (TPSA) is 45.7 Å². The quantitative estimate of drug-likeness (QED) is 0.625. The van der Waals surface area contributed by atoms with Crippen molar-refractivity contribution < 1.29 is 9.53 Å². The van der Waals surface area contributed by atoms with Crippen molar-refractivity contribution in [3.05, 3.63) is 53.1 Å². The molecule has 0 radical (unpaired) electrons. The van der Waals surface area contributed by atoms with Crippen LogP contribution in [0, 0.1) is 0 Å².